The number of alkyl halides is 2. The average Bonchev–Trinajstić information content (AvgIpc) is 3.27. The topological polar surface area (TPSA) is 124 Å². The second-order valence-electron chi connectivity index (χ2n) is 10.6. The van der Waals surface area contributed by atoms with Gasteiger partial charge in [-0.15, -0.1) is 23.2 Å². The number of carbonyl (C=O) groups excluding carboxylic acids is 4. The van der Waals surface area contributed by atoms with Gasteiger partial charge in [0.2, 0.25) is 0 Å². The summed E-state index contributed by atoms with van der Waals surface area (Å²) in [5.74, 6) is -7.33. The van der Waals surface area contributed by atoms with Crippen LogP contribution in [0.4, 0.5) is 10.1 Å². The van der Waals surface area contributed by atoms with Crippen LogP contribution in [-0.2, 0) is 19.2 Å². The number of hydroxylamine groups is 2. The molecule has 6 rings (SSSR count). The number of fused-ring (bicyclic) bond motifs is 4. The molecular formula is C29H23Cl2FN2O7. The molecule has 1 saturated carbocycles. The SMILES string of the molecule is COc1cc(C=CC2C3=CCC4C(=O)N(O)C(=O)C4C3CC3(Cl)C(=O)N(c4ccc(F)cc4)C(=O)C23Cl)ccc1O. The van der Waals surface area contributed by atoms with Crippen molar-refractivity contribution in [3.8, 4) is 11.5 Å². The Morgan fingerprint density at radius 3 is 2.41 bits per heavy atom. The maximum absolute atomic E-state index is 14.1. The summed E-state index contributed by atoms with van der Waals surface area (Å²) in [6, 6.07) is 9.31. The average molecular weight is 601 g/mol. The highest BCUT2D eigenvalue weighted by atomic mass is 35.5. The van der Waals surface area contributed by atoms with Gasteiger partial charge < -0.3 is 9.84 Å². The zero-order valence-corrected chi connectivity index (χ0v) is 23.0. The molecule has 2 aliphatic carbocycles. The van der Waals surface area contributed by atoms with Crippen LogP contribution >= 0.6 is 23.2 Å². The summed E-state index contributed by atoms with van der Waals surface area (Å²) in [7, 11) is 1.39. The number of anilines is 1. The van der Waals surface area contributed by atoms with Crippen molar-refractivity contribution in [2.24, 2.45) is 23.7 Å². The largest absolute Gasteiger partial charge is 0.504 e. The van der Waals surface area contributed by atoms with E-state index >= 15 is 0 Å². The van der Waals surface area contributed by atoms with Gasteiger partial charge in [-0.05, 0) is 60.7 Å². The van der Waals surface area contributed by atoms with Crippen LogP contribution in [0.25, 0.3) is 6.08 Å². The molecule has 6 unspecified atom stereocenters. The van der Waals surface area contributed by atoms with Crippen molar-refractivity contribution in [2.75, 3.05) is 12.0 Å². The van der Waals surface area contributed by atoms with E-state index in [1.807, 2.05) is 0 Å². The molecule has 9 nitrogen and oxygen atoms in total. The molecule has 0 aromatic heterocycles. The molecule has 4 amide bonds. The Bertz CT molecular complexity index is 1580. The summed E-state index contributed by atoms with van der Waals surface area (Å²) in [5, 5.41) is 20.2. The van der Waals surface area contributed by atoms with Crippen molar-refractivity contribution in [1.82, 2.24) is 5.06 Å². The van der Waals surface area contributed by atoms with Crippen molar-refractivity contribution >= 4 is 58.6 Å². The highest BCUT2D eigenvalue weighted by Crippen LogP contribution is 2.63. The van der Waals surface area contributed by atoms with E-state index in [-0.39, 0.29) is 35.1 Å². The summed E-state index contributed by atoms with van der Waals surface area (Å²) >= 11 is 14.3. The van der Waals surface area contributed by atoms with Crippen molar-refractivity contribution < 1.29 is 38.6 Å². The van der Waals surface area contributed by atoms with E-state index in [9.17, 15) is 33.9 Å². The van der Waals surface area contributed by atoms with Gasteiger partial charge in [-0.2, -0.15) is 5.06 Å². The fourth-order valence-corrected chi connectivity index (χ4v) is 7.53. The Morgan fingerprint density at radius 2 is 1.73 bits per heavy atom. The monoisotopic (exact) mass is 600 g/mol. The summed E-state index contributed by atoms with van der Waals surface area (Å²) in [6.07, 6.45) is 4.81. The number of hydrogen-bond acceptors (Lipinski definition) is 7. The van der Waals surface area contributed by atoms with E-state index in [0.717, 1.165) is 17.0 Å². The first-order valence-corrected chi connectivity index (χ1v) is 13.5. The van der Waals surface area contributed by atoms with Crippen molar-refractivity contribution in [3.63, 3.8) is 0 Å². The lowest BCUT2D eigenvalue weighted by Crippen LogP contribution is -2.60. The van der Waals surface area contributed by atoms with Crippen molar-refractivity contribution in [3.05, 3.63) is 71.6 Å². The molecule has 12 heteroatoms. The van der Waals surface area contributed by atoms with Crippen LogP contribution in [0.15, 0.2) is 60.2 Å². The number of aromatic hydroxyl groups is 1. The highest BCUT2D eigenvalue weighted by molar-refractivity contribution is 6.57. The van der Waals surface area contributed by atoms with Crippen molar-refractivity contribution in [1.29, 1.82) is 0 Å². The fourth-order valence-electron chi connectivity index (χ4n) is 6.64. The number of rotatable bonds is 4. The number of nitrogens with zero attached hydrogens (tertiary/aromatic N) is 2. The van der Waals surface area contributed by atoms with Gasteiger partial charge in [0, 0.05) is 5.92 Å². The van der Waals surface area contributed by atoms with E-state index < -0.39 is 62.9 Å². The van der Waals surface area contributed by atoms with Crippen LogP contribution < -0.4 is 9.64 Å². The van der Waals surface area contributed by atoms with E-state index in [1.165, 1.54) is 25.3 Å². The summed E-state index contributed by atoms with van der Waals surface area (Å²) in [6.45, 7) is 0. The third-order valence-corrected chi connectivity index (χ3v) is 10.0. The lowest BCUT2D eigenvalue weighted by Gasteiger charge is -2.49. The number of phenolic OH excluding ortho intramolecular Hbond substituents is 1. The lowest BCUT2D eigenvalue weighted by atomic mass is 9.57. The van der Waals surface area contributed by atoms with Crippen LogP contribution in [0.3, 0.4) is 0 Å². The molecule has 0 spiro atoms. The number of carbonyl (C=O) groups is 4. The van der Waals surface area contributed by atoms with Crippen molar-refractivity contribution in [2.45, 2.75) is 22.6 Å². The molecule has 0 radical (unpaired) electrons. The molecular weight excluding hydrogens is 578 g/mol. The van der Waals surface area contributed by atoms with Crippen LogP contribution in [0.2, 0.25) is 0 Å². The summed E-state index contributed by atoms with van der Waals surface area (Å²) < 4.78 is 18.9. The predicted octanol–water partition coefficient (Wildman–Crippen LogP) is 4.04. The van der Waals surface area contributed by atoms with E-state index in [1.54, 1.807) is 30.4 Å². The Hall–Kier alpha value is -3.73. The van der Waals surface area contributed by atoms with Gasteiger partial charge in [-0.1, -0.05) is 29.9 Å². The zero-order chi connectivity index (χ0) is 29.4. The second kappa shape index (κ2) is 9.40. The zero-order valence-electron chi connectivity index (χ0n) is 21.5. The molecule has 4 aliphatic rings. The normalized spacial score (nSPS) is 32.8. The Morgan fingerprint density at radius 1 is 1.02 bits per heavy atom. The molecule has 2 aliphatic heterocycles. The first-order valence-electron chi connectivity index (χ1n) is 12.8. The number of hydrogen-bond donors (Lipinski definition) is 2. The number of ether oxygens (including phenoxy) is 1. The first kappa shape index (κ1) is 27.4. The van der Waals surface area contributed by atoms with Gasteiger partial charge in [-0.25, -0.2) is 9.29 Å². The van der Waals surface area contributed by atoms with Gasteiger partial charge in [0.15, 0.2) is 21.2 Å². The minimum Gasteiger partial charge on any atom is -0.504 e. The van der Waals surface area contributed by atoms with E-state index in [4.69, 9.17) is 27.9 Å². The minimum atomic E-state index is -2.06. The number of methoxy groups -OCH3 is 1. The summed E-state index contributed by atoms with van der Waals surface area (Å²) in [5.41, 5.74) is 1.18. The molecule has 2 saturated heterocycles. The quantitative estimate of drug-likeness (QED) is 0.235. The third kappa shape index (κ3) is 3.70. The number of imide groups is 2. The molecule has 0 bridgehead atoms. The van der Waals surface area contributed by atoms with Crippen LogP contribution in [0, 0.1) is 29.5 Å². The molecule has 2 aromatic rings. The first-order chi connectivity index (χ1) is 19.4. The smallest absolute Gasteiger partial charge is 0.258 e. The third-order valence-electron chi connectivity index (χ3n) is 8.61. The van der Waals surface area contributed by atoms with Crippen LogP contribution in [-0.4, -0.2) is 55.9 Å². The maximum atomic E-state index is 14.1. The number of benzene rings is 2. The number of halogens is 3. The maximum Gasteiger partial charge on any atom is 0.258 e. The molecule has 212 valence electrons. The molecule has 2 aromatic carbocycles. The lowest BCUT2D eigenvalue weighted by molar-refractivity contribution is -0.173. The Balaban J connectivity index is 1.51. The van der Waals surface area contributed by atoms with Gasteiger partial charge >= 0.3 is 0 Å². The highest BCUT2D eigenvalue weighted by Gasteiger charge is 2.76. The van der Waals surface area contributed by atoms with Gasteiger partial charge in [0.1, 0.15) is 5.82 Å². The summed E-state index contributed by atoms with van der Waals surface area (Å²) in [4.78, 5) is 50.5. The minimum absolute atomic E-state index is 0.0744. The molecule has 41 heavy (non-hydrogen) atoms. The molecule has 2 heterocycles. The number of amides is 4. The fraction of sp³-hybridized carbons (Fsp3) is 0.310. The Kier molecular flexibility index (Phi) is 6.29. The van der Waals surface area contributed by atoms with Crippen LogP contribution in [0.1, 0.15) is 18.4 Å². The Labute approximate surface area is 243 Å². The van der Waals surface area contributed by atoms with Gasteiger partial charge in [0.05, 0.1) is 24.6 Å². The number of phenols is 1. The van der Waals surface area contributed by atoms with E-state index in [2.05, 4.69) is 0 Å². The molecule has 6 atom stereocenters. The second-order valence-corrected chi connectivity index (χ2v) is 11.8. The molecule has 3 fully saturated rings. The number of allylic oxidation sites excluding steroid dienone is 3. The predicted molar refractivity (Wildman–Crippen MR) is 145 cm³/mol. The van der Waals surface area contributed by atoms with Gasteiger partial charge in [-0.3, -0.25) is 24.4 Å². The van der Waals surface area contributed by atoms with Gasteiger partial charge in [0.25, 0.3) is 23.6 Å². The molecule has 2 N–H and O–H groups in total. The standard InChI is InChI=1S/C29H23Cl2FN2O7/c1-41-22-12-14(3-11-21(22)35)2-10-20-17-8-9-18-23(25(37)34(40)24(18)36)19(17)13-28(30)26(38)33(27(39)29(20,28)31)16-6-4-15(32)5-7-16/h2-8,10-12,18-20,23,35,40H,9,13H2,1H3. The van der Waals surface area contributed by atoms with Crippen LogP contribution in [0.5, 0.6) is 11.5 Å². The van der Waals surface area contributed by atoms with E-state index in [0.29, 0.717) is 11.1 Å².